The molecule has 3 heterocycles. The molecule has 1 N–H and O–H groups in total. The summed E-state index contributed by atoms with van der Waals surface area (Å²) in [7, 11) is 0. The molecule has 0 aliphatic carbocycles. The number of aromatic nitrogens is 1. The van der Waals surface area contributed by atoms with E-state index < -0.39 is 12.2 Å². The van der Waals surface area contributed by atoms with Gasteiger partial charge < -0.3 is 14.8 Å². The molecule has 2 aliphatic heterocycles. The van der Waals surface area contributed by atoms with Crippen LogP contribution in [0.15, 0.2) is 42.6 Å². The van der Waals surface area contributed by atoms with Crippen LogP contribution in [0.2, 0.25) is 0 Å². The molecule has 2 saturated heterocycles. The molecular weight excluding hydrogens is 397 g/mol. The Balaban J connectivity index is 1.31. The minimum Gasteiger partial charge on any atom is -0.473 e. The topological polar surface area (TPSA) is 80.8 Å². The van der Waals surface area contributed by atoms with E-state index in [1.54, 1.807) is 12.1 Å². The number of thioether (sulfide) groups is 1. The first-order valence-corrected chi connectivity index (χ1v) is 10.5. The first-order valence-electron chi connectivity index (χ1n) is 9.31. The van der Waals surface area contributed by atoms with Crippen LogP contribution in [0, 0.1) is 5.82 Å². The Bertz CT molecular complexity index is 890. The number of ether oxygens (including phenoxy) is 2. The van der Waals surface area contributed by atoms with Gasteiger partial charge in [-0.05, 0) is 42.5 Å². The van der Waals surface area contributed by atoms with Gasteiger partial charge in [0.05, 0.1) is 13.1 Å². The van der Waals surface area contributed by atoms with Crippen LogP contribution in [0.25, 0.3) is 0 Å². The average Bonchev–Trinajstić information content (AvgIpc) is 3.36. The van der Waals surface area contributed by atoms with Gasteiger partial charge in [0.2, 0.25) is 5.88 Å². The second-order valence-corrected chi connectivity index (χ2v) is 7.94. The summed E-state index contributed by atoms with van der Waals surface area (Å²) in [5.74, 6) is 1.75. The van der Waals surface area contributed by atoms with Gasteiger partial charge in [0.1, 0.15) is 18.0 Å². The highest BCUT2D eigenvalue weighted by Gasteiger charge is 2.32. The summed E-state index contributed by atoms with van der Waals surface area (Å²) >= 11 is 1.84. The number of hydrogen-bond acceptors (Lipinski definition) is 6. The molecule has 4 rings (SSSR count). The highest BCUT2D eigenvalue weighted by Crippen LogP contribution is 2.23. The zero-order chi connectivity index (χ0) is 20.2. The summed E-state index contributed by atoms with van der Waals surface area (Å²) in [6.45, 7) is 0.439. The van der Waals surface area contributed by atoms with Crippen molar-refractivity contribution in [1.29, 1.82) is 0 Å². The third-order valence-corrected chi connectivity index (χ3v) is 5.81. The highest BCUT2D eigenvalue weighted by molar-refractivity contribution is 7.99. The number of benzene rings is 1. The van der Waals surface area contributed by atoms with Gasteiger partial charge in [0.15, 0.2) is 0 Å². The molecule has 0 radical (unpaired) electrons. The number of pyridine rings is 1. The first kappa shape index (κ1) is 19.5. The maximum absolute atomic E-state index is 13.1. The predicted octanol–water partition coefficient (Wildman–Crippen LogP) is 2.86. The van der Waals surface area contributed by atoms with Crippen molar-refractivity contribution in [3.05, 3.63) is 54.0 Å². The van der Waals surface area contributed by atoms with Crippen LogP contribution in [-0.2, 0) is 4.74 Å². The molecule has 1 aromatic carbocycles. The van der Waals surface area contributed by atoms with Gasteiger partial charge in [-0.25, -0.2) is 14.2 Å². The molecule has 2 unspecified atom stereocenters. The first-order chi connectivity index (χ1) is 14.1. The fourth-order valence-corrected chi connectivity index (χ4v) is 4.25. The molecule has 9 heteroatoms. The molecule has 2 atom stereocenters. The van der Waals surface area contributed by atoms with Crippen LogP contribution in [0.1, 0.15) is 16.8 Å². The van der Waals surface area contributed by atoms with E-state index in [-0.39, 0.29) is 30.9 Å². The number of anilines is 1. The summed E-state index contributed by atoms with van der Waals surface area (Å²) in [5, 5.41) is 2.77. The lowest BCUT2D eigenvalue weighted by Crippen LogP contribution is -2.34. The second-order valence-electron chi connectivity index (χ2n) is 6.79. The number of cyclic esters (lactones) is 1. The number of rotatable bonds is 6. The van der Waals surface area contributed by atoms with Crippen molar-refractivity contribution in [2.24, 2.45) is 0 Å². The molecule has 0 spiro atoms. The molecule has 0 bridgehead atoms. The Hall–Kier alpha value is -2.81. The van der Waals surface area contributed by atoms with E-state index >= 15 is 0 Å². The van der Waals surface area contributed by atoms with Crippen molar-refractivity contribution in [2.45, 2.75) is 18.6 Å². The van der Waals surface area contributed by atoms with Crippen molar-refractivity contribution in [3.63, 3.8) is 0 Å². The van der Waals surface area contributed by atoms with E-state index in [4.69, 9.17) is 9.47 Å². The Morgan fingerprint density at radius 1 is 1.34 bits per heavy atom. The predicted molar refractivity (Wildman–Crippen MR) is 107 cm³/mol. The minimum absolute atomic E-state index is 0.126. The minimum atomic E-state index is -0.523. The van der Waals surface area contributed by atoms with E-state index in [1.807, 2.05) is 11.8 Å². The van der Waals surface area contributed by atoms with E-state index in [0.29, 0.717) is 17.1 Å². The Kier molecular flexibility index (Phi) is 5.84. The molecule has 2 amide bonds. The third kappa shape index (κ3) is 4.79. The number of carbonyl (C=O) groups excluding carboxylic acids is 2. The van der Waals surface area contributed by atoms with Crippen molar-refractivity contribution in [2.75, 3.05) is 29.5 Å². The van der Waals surface area contributed by atoms with Crippen LogP contribution in [0.4, 0.5) is 14.9 Å². The lowest BCUT2D eigenvalue weighted by atomic mass is 10.2. The number of nitrogens with zero attached hydrogens (tertiary/aromatic N) is 2. The molecule has 152 valence electrons. The summed E-state index contributed by atoms with van der Waals surface area (Å²) in [4.78, 5) is 30.1. The van der Waals surface area contributed by atoms with Crippen molar-refractivity contribution < 1.29 is 23.5 Å². The standard InChI is InChI=1S/C20H20FN3O4S/c21-14-1-3-15(4-2-14)24-11-17(28-20(24)26)10-23-19(25)13-5-7-22-18(9-13)27-16-6-8-29-12-16/h1-5,7,9,16-17H,6,8,10-12H2,(H,23,25). The smallest absolute Gasteiger partial charge is 0.414 e. The fraction of sp³-hybridized carbons (Fsp3) is 0.350. The zero-order valence-corrected chi connectivity index (χ0v) is 16.4. The average molecular weight is 417 g/mol. The van der Waals surface area contributed by atoms with Crippen LogP contribution in [0.3, 0.4) is 0 Å². The fourth-order valence-electron chi connectivity index (χ4n) is 3.16. The SMILES string of the molecule is O=C(NCC1CN(c2ccc(F)cc2)C(=O)O1)c1ccnc(OC2CCSC2)c1. The van der Waals surface area contributed by atoms with Gasteiger partial charge in [-0.1, -0.05) is 0 Å². The van der Waals surface area contributed by atoms with Gasteiger partial charge in [-0.15, -0.1) is 0 Å². The molecule has 2 aliphatic rings. The summed E-state index contributed by atoms with van der Waals surface area (Å²) in [5.41, 5.74) is 0.978. The Labute approximate surface area is 171 Å². The lowest BCUT2D eigenvalue weighted by molar-refractivity contribution is 0.0915. The largest absolute Gasteiger partial charge is 0.473 e. The van der Waals surface area contributed by atoms with Crippen molar-refractivity contribution in [1.82, 2.24) is 10.3 Å². The van der Waals surface area contributed by atoms with E-state index in [9.17, 15) is 14.0 Å². The summed E-state index contributed by atoms with van der Waals surface area (Å²) in [6, 6.07) is 8.81. The van der Waals surface area contributed by atoms with Crippen LogP contribution in [-0.4, -0.2) is 53.8 Å². The van der Waals surface area contributed by atoms with Gasteiger partial charge in [0, 0.05) is 29.3 Å². The van der Waals surface area contributed by atoms with Crippen LogP contribution >= 0.6 is 11.8 Å². The van der Waals surface area contributed by atoms with Gasteiger partial charge in [0.25, 0.3) is 5.91 Å². The molecule has 0 saturated carbocycles. The van der Waals surface area contributed by atoms with E-state index in [0.717, 1.165) is 17.9 Å². The molecule has 7 nitrogen and oxygen atoms in total. The molecular formula is C20H20FN3O4S. The van der Waals surface area contributed by atoms with E-state index in [1.165, 1.54) is 35.4 Å². The lowest BCUT2D eigenvalue weighted by Gasteiger charge is -2.13. The van der Waals surface area contributed by atoms with Crippen LogP contribution < -0.4 is 15.0 Å². The van der Waals surface area contributed by atoms with Crippen molar-refractivity contribution >= 4 is 29.4 Å². The maximum atomic E-state index is 13.1. The second kappa shape index (κ2) is 8.69. The van der Waals surface area contributed by atoms with Crippen LogP contribution in [0.5, 0.6) is 5.88 Å². The van der Waals surface area contributed by atoms with Gasteiger partial charge in [-0.3, -0.25) is 9.69 Å². The molecule has 29 heavy (non-hydrogen) atoms. The van der Waals surface area contributed by atoms with Gasteiger partial charge >= 0.3 is 6.09 Å². The van der Waals surface area contributed by atoms with E-state index in [2.05, 4.69) is 10.3 Å². The summed E-state index contributed by atoms with van der Waals surface area (Å²) < 4.78 is 24.2. The molecule has 1 aromatic heterocycles. The number of carbonyl (C=O) groups is 2. The third-order valence-electron chi connectivity index (χ3n) is 4.68. The quantitative estimate of drug-likeness (QED) is 0.779. The van der Waals surface area contributed by atoms with Gasteiger partial charge in [-0.2, -0.15) is 11.8 Å². The molecule has 2 fully saturated rings. The Morgan fingerprint density at radius 2 is 2.17 bits per heavy atom. The number of halogens is 1. The number of hydrogen-bond donors (Lipinski definition) is 1. The maximum Gasteiger partial charge on any atom is 0.414 e. The molecule has 2 aromatic rings. The Morgan fingerprint density at radius 3 is 2.93 bits per heavy atom. The number of nitrogens with one attached hydrogen (secondary N) is 1. The zero-order valence-electron chi connectivity index (χ0n) is 15.5. The van der Waals surface area contributed by atoms with Crippen molar-refractivity contribution in [3.8, 4) is 5.88 Å². The normalized spacial score (nSPS) is 21.1. The monoisotopic (exact) mass is 417 g/mol. The summed E-state index contributed by atoms with van der Waals surface area (Å²) in [6.07, 6.45) is 1.62. The number of amides is 2. The highest BCUT2D eigenvalue weighted by atomic mass is 32.2.